The summed E-state index contributed by atoms with van der Waals surface area (Å²) < 4.78 is 0. The molecule has 1 fully saturated rings. The number of nitrogens with zero attached hydrogens (tertiary/aromatic N) is 2. The Balaban J connectivity index is 1.44. The zero-order valence-electron chi connectivity index (χ0n) is 17.3. The van der Waals surface area contributed by atoms with Crippen LogP contribution in [-0.4, -0.2) is 9.97 Å². The molecule has 2 aromatic rings. The molecule has 3 rings (SSSR count). The zero-order chi connectivity index (χ0) is 18.9. The second kappa shape index (κ2) is 10.6. The van der Waals surface area contributed by atoms with Crippen LogP contribution in [0.1, 0.15) is 93.6 Å². The molecular weight excluding hydrogens is 328 g/mol. The van der Waals surface area contributed by atoms with Crippen molar-refractivity contribution in [2.75, 3.05) is 0 Å². The Bertz CT molecular complexity index is 652. The number of aryl methyl sites for hydroxylation is 3. The van der Waals surface area contributed by atoms with E-state index in [9.17, 15) is 0 Å². The molecule has 1 heterocycles. The third kappa shape index (κ3) is 6.16. The Morgan fingerprint density at radius 2 is 1.41 bits per heavy atom. The molecule has 1 aliphatic rings. The Morgan fingerprint density at radius 3 is 2.04 bits per heavy atom. The van der Waals surface area contributed by atoms with Crippen molar-refractivity contribution in [1.29, 1.82) is 0 Å². The molecule has 0 amide bonds. The van der Waals surface area contributed by atoms with Gasteiger partial charge < -0.3 is 0 Å². The summed E-state index contributed by atoms with van der Waals surface area (Å²) in [6.45, 7) is 4.49. The number of unbranched alkanes of at least 4 members (excludes halogenated alkanes) is 2. The molecule has 2 nitrogen and oxygen atoms in total. The van der Waals surface area contributed by atoms with Crippen LogP contribution >= 0.6 is 0 Å². The van der Waals surface area contributed by atoms with Gasteiger partial charge in [-0.2, -0.15) is 0 Å². The minimum atomic E-state index is 0.586. The number of hydrogen-bond acceptors (Lipinski definition) is 2. The molecule has 0 radical (unpaired) electrons. The fraction of sp³-hybridized carbons (Fsp3) is 0.600. The summed E-state index contributed by atoms with van der Waals surface area (Å²) in [6.07, 6.45) is 18.2. The van der Waals surface area contributed by atoms with E-state index in [-0.39, 0.29) is 0 Å². The molecule has 1 saturated carbocycles. The lowest BCUT2D eigenvalue weighted by Gasteiger charge is -2.27. The summed E-state index contributed by atoms with van der Waals surface area (Å²) >= 11 is 0. The van der Waals surface area contributed by atoms with Gasteiger partial charge >= 0.3 is 0 Å². The molecule has 0 unspecified atom stereocenters. The fourth-order valence-electron chi connectivity index (χ4n) is 4.33. The lowest BCUT2D eigenvalue weighted by atomic mass is 9.79. The lowest BCUT2D eigenvalue weighted by Crippen LogP contribution is -2.15. The normalized spacial score (nSPS) is 19.9. The van der Waals surface area contributed by atoms with Crippen molar-refractivity contribution in [3.8, 4) is 0 Å². The summed E-state index contributed by atoms with van der Waals surface area (Å²) in [5.74, 6) is 2.62. The van der Waals surface area contributed by atoms with Crippen LogP contribution in [0.15, 0.2) is 36.7 Å². The minimum Gasteiger partial charge on any atom is -0.241 e. The molecule has 1 aromatic heterocycles. The predicted molar refractivity (Wildman–Crippen MR) is 114 cm³/mol. The molecule has 1 aliphatic carbocycles. The second-order valence-electron chi connectivity index (χ2n) is 8.33. The molecule has 0 atom stereocenters. The molecular formula is C25H36N2. The minimum absolute atomic E-state index is 0.586. The van der Waals surface area contributed by atoms with E-state index >= 15 is 0 Å². The van der Waals surface area contributed by atoms with Gasteiger partial charge in [0.15, 0.2) is 0 Å². The van der Waals surface area contributed by atoms with Crippen molar-refractivity contribution in [3.63, 3.8) is 0 Å². The Kier molecular flexibility index (Phi) is 7.86. The first-order valence-corrected chi connectivity index (χ1v) is 11.2. The van der Waals surface area contributed by atoms with E-state index < -0.39 is 0 Å². The van der Waals surface area contributed by atoms with Crippen LogP contribution in [0.25, 0.3) is 0 Å². The van der Waals surface area contributed by atoms with Gasteiger partial charge in [-0.05, 0) is 67.6 Å². The summed E-state index contributed by atoms with van der Waals surface area (Å²) in [7, 11) is 0. The number of hydrogen-bond donors (Lipinski definition) is 0. The molecule has 1 aromatic carbocycles. The summed E-state index contributed by atoms with van der Waals surface area (Å²) in [6, 6.07) is 9.00. The standard InChI is InChI=1S/C25H36N2/c1-3-5-6-7-21-14-16-24(17-15-21)25-26-18-23(19-27-25)13-12-22-10-8-20(4-2)9-11-22/h8-11,18-19,21,24H,3-7,12-17H2,1-2H3. The third-order valence-corrected chi connectivity index (χ3v) is 6.29. The monoisotopic (exact) mass is 364 g/mol. The van der Waals surface area contributed by atoms with Crippen molar-refractivity contribution in [2.24, 2.45) is 5.92 Å². The highest BCUT2D eigenvalue weighted by atomic mass is 14.9. The largest absolute Gasteiger partial charge is 0.241 e. The first kappa shape index (κ1) is 20.0. The van der Waals surface area contributed by atoms with Crippen molar-refractivity contribution >= 4 is 0 Å². The molecule has 2 heteroatoms. The lowest BCUT2D eigenvalue weighted by molar-refractivity contribution is 0.297. The zero-order valence-corrected chi connectivity index (χ0v) is 17.3. The highest BCUT2D eigenvalue weighted by Gasteiger charge is 2.23. The van der Waals surface area contributed by atoms with E-state index in [1.807, 2.05) is 0 Å². The van der Waals surface area contributed by atoms with Crippen molar-refractivity contribution < 1.29 is 0 Å². The Hall–Kier alpha value is -1.70. The Labute approximate surface area is 165 Å². The fourth-order valence-corrected chi connectivity index (χ4v) is 4.33. The van der Waals surface area contributed by atoms with Gasteiger partial charge in [-0.15, -0.1) is 0 Å². The number of aromatic nitrogens is 2. The third-order valence-electron chi connectivity index (χ3n) is 6.29. The van der Waals surface area contributed by atoms with E-state index in [0.717, 1.165) is 31.0 Å². The second-order valence-corrected chi connectivity index (χ2v) is 8.33. The van der Waals surface area contributed by atoms with Crippen LogP contribution in [0.5, 0.6) is 0 Å². The topological polar surface area (TPSA) is 25.8 Å². The van der Waals surface area contributed by atoms with Gasteiger partial charge in [0, 0.05) is 18.3 Å². The van der Waals surface area contributed by atoms with Gasteiger partial charge in [-0.25, -0.2) is 9.97 Å². The van der Waals surface area contributed by atoms with E-state index in [1.54, 1.807) is 0 Å². The van der Waals surface area contributed by atoms with Crippen LogP contribution in [0.4, 0.5) is 0 Å². The first-order chi connectivity index (χ1) is 13.3. The average Bonchev–Trinajstić information content (AvgIpc) is 2.74. The molecule has 27 heavy (non-hydrogen) atoms. The van der Waals surface area contributed by atoms with Crippen molar-refractivity contribution in [3.05, 3.63) is 59.2 Å². The Morgan fingerprint density at radius 1 is 0.778 bits per heavy atom. The SMILES string of the molecule is CCCCCC1CCC(c2ncc(CCc3ccc(CC)cc3)cn2)CC1. The van der Waals surface area contributed by atoms with Gasteiger partial charge in [0.25, 0.3) is 0 Å². The molecule has 146 valence electrons. The van der Waals surface area contributed by atoms with Gasteiger partial charge in [-0.1, -0.05) is 63.8 Å². The van der Waals surface area contributed by atoms with Gasteiger partial charge in [-0.3, -0.25) is 0 Å². The van der Waals surface area contributed by atoms with Gasteiger partial charge in [0.2, 0.25) is 0 Å². The summed E-state index contributed by atoms with van der Waals surface area (Å²) in [5.41, 5.74) is 4.07. The van der Waals surface area contributed by atoms with E-state index in [1.165, 1.54) is 68.1 Å². The van der Waals surface area contributed by atoms with Crippen LogP contribution < -0.4 is 0 Å². The maximum atomic E-state index is 4.73. The van der Waals surface area contributed by atoms with E-state index in [0.29, 0.717) is 5.92 Å². The maximum absolute atomic E-state index is 4.73. The smallest absolute Gasteiger partial charge is 0.131 e. The van der Waals surface area contributed by atoms with Gasteiger partial charge in [0.1, 0.15) is 5.82 Å². The maximum Gasteiger partial charge on any atom is 0.131 e. The quantitative estimate of drug-likeness (QED) is 0.464. The van der Waals surface area contributed by atoms with E-state index in [2.05, 4.69) is 50.5 Å². The van der Waals surface area contributed by atoms with Gasteiger partial charge in [0.05, 0.1) is 0 Å². The van der Waals surface area contributed by atoms with Crippen LogP contribution in [0.2, 0.25) is 0 Å². The van der Waals surface area contributed by atoms with E-state index in [4.69, 9.17) is 9.97 Å². The van der Waals surface area contributed by atoms with Crippen molar-refractivity contribution in [2.45, 2.75) is 90.4 Å². The molecule has 0 aliphatic heterocycles. The van der Waals surface area contributed by atoms with Crippen LogP contribution in [-0.2, 0) is 19.3 Å². The molecule has 0 spiro atoms. The molecule has 0 N–H and O–H groups in total. The highest BCUT2D eigenvalue weighted by molar-refractivity contribution is 5.23. The summed E-state index contributed by atoms with van der Waals surface area (Å²) in [4.78, 5) is 9.46. The summed E-state index contributed by atoms with van der Waals surface area (Å²) in [5, 5.41) is 0. The van der Waals surface area contributed by atoms with Crippen LogP contribution in [0, 0.1) is 5.92 Å². The van der Waals surface area contributed by atoms with Crippen molar-refractivity contribution in [1.82, 2.24) is 9.97 Å². The number of benzene rings is 1. The number of rotatable bonds is 9. The average molecular weight is 365 g/mol. The predicted octanol–water partition coefficient (Wildman–Crippen LogP) is 6.68. The molecule has 0 saturated heterocycles. The van der Waals surface area contributed by atoms with Crippen LogP contribution in [0.3, 0.4) is 0 Å². The highest BCUT2D eigenvalue weighted by Crippen LogP contribution is 2.36. The first-order valence-electron chi connectivity index (χ1n) is 11.2. The molecule has 0 bridgehead atoms.